The summed E-state index contributed by atoms with van der Waals surface area (Å²) in [6.45, 7) is 0.294. The maximum atomic E-state index is 13.4. The molecule has 5 rings (SSSR count). The number of imidazole rings is 1. The molecule has 0 aliphatic carbocycles. The number of para-hydroxylation sites is 2. The molecular weight excluding hydrogens is 394 g/mol. The highest BCUT2D eigenvalue weighted by Gasteiger charge is 2.39. The third kappa shape index (κ3) is 2.60. The highest BCUT2D eigenvalue weighted by Crippen LogP contribution is 2.40. The Morgan fingerprint density at radius 1 is 0.893 bits per heavy atom. The molecule has 140 valence electrons. The van der Waals surface area contributed by atoms with Gasteiger partial charge in [-0.25, -0.2) is 17.7 Å². The minimum atomic E-state index is -3.77. The van der Waals surface area contributed by atoms with Crippen LogP contribution in [0, 0.1) is 0 Å². The molecule has 3 aromatic carbocycles. The molecule has 1 aliphatic heterocycles. The molecule has 0 saturated carbocycles. The Kier molecular flexibility index (Phi) is 3.92. The van der Waals surface area contributed by atoms with Crippen LogP contribution in [0.4, 0.5) is 5.95 Å². The molecule has 0 spiro atoms. The monoisotopic (exact) mass is 409 g/mol. The molecule has 0 fully saturated rings. The second kappa shape index (κ2) is 6.36. The van der Waals surface area contributed by atoms with Gasteiger partial charge in [0.2, 0.25) is 5.95 Å². The average Bonchev–Trinajstić information content (AvgIpc) is 3.26. The van der Waals surface area contributed by atoms with Crippen molar-refractivity contribution in [2.45, 2.75) is 10.9 Å². The summed E-state index contributed by atoms with van der Waals surface area (Å²) in [6.07, 6.45) is 0. The van der Waals surface area contributed by atoms with Crippen LogP contribution in [0.25, 0.3) is 11.0 Å². The van der Waals surface area contributed by atoms with E-state index in [1.165, 1.54) is 16.4 Å². The molecule has 0 bridgehead atoms. The van der Waals surface area contributed by atoms with E-state index < -0.39 is 10.0 Å². The molecule has 1 aromatic heterocycles. The third-order valence-electron chi connectivity index (χ3n) is 5.04. The van der Waals surface area contributed by atoms with Gasteiger partial charge in [-0.05, 0) is 42.0 Å². The maximum Gasteiger partial charge on any atom is 0.266 e. The molecule has 28 heavy (non-hydrogen) atoms. The number of rotatable bonds is 3. The van der Waals surface area contributed by atoms with Gasteiger partial charge in [0.25, 0.3) is 10.0 Å². The summed E-state index contributed by atoms with van der Waals surface area (Å²) in [4.78, 5) is 4.84. The molecular formula is C21H16ClN3O2S. The summed E-state index contributed by atoms with van der Waals surface area (Å²) < 4.78 is 30.2. The van der Waals surface area contributed by atoms with Gasteiger partial charge >= 0.3 is 0 Å². The number of nitrogens with zero attached hydrogens (tertiary/aromatic N) is 3. The van der Waals surface area contributed by atoms with E-state index >= 15 is 0 Å². The number of aromatic nitrogens is 2. The zero-order valence-electron chi connectivity index (χ0n) is 14.7. The molecule has 1 aliphatic rings. The molecule has 0 amide bonds. The SMILES string of the molecule is O=S(=O)(c1ccc(Cl)cc1)N1CC(c2ccccc2)n2c1nc1ccccc12. The molecule has 1 atom stereocenters. The fourth-order valence-corrected chi connectivity index (χ4v) is 5.25. The molecule has 0 N–H and O–H groups in total. The molecule has 5 nitrogen and oxygen atoms in total. The first-order valence-electron chi connectivity index (χ1n) is 8.86. The van der Waals surface area contributed by atoms with Gasteiger partial charge in [0, 0.05) is 5.02 Å². The summed E-state index contributed by atoms with van der Waals surface area (Å²) in [6, 6.07) is 23.7. The van der Waals surface area contributed by atoms with Crippen LogP contribution in [0.5, 0.6) is 0 Å². The Bertz CT molecular complexity index is 1270. The van der Waals surface area contributed by atoms with Crippen molar-refractivity contribution < 1.29 is 8.42 Å². The quantitative estimate of drug-likeness (QED) is 0.501. The normalized spacial score (nSPS) is 16.5. The van der Waals surface area contributed by atoms with E-state index in [2.05, 4.69) is 4.98 Å². The van der Waals surface area contributed by atoms with Crippen molar-refractivity contribution in [1.29, 1.82) is 0 Å². The summed E-state index contributed by atoms with van der Waals surface area (Å²) in [5.74, 6) is 0.435. The summed E-state index contributed by atoms with van der Waals surface area (Å²) >= 11 is 5.93. The van der Waals surface area contributed by atoms with Crippen molar-refractivity contribution in [3.8, 4) is 0 Å². The van der Waals surface area contributed by atoms with E-state index in [-0.39, 0.29) is 10.9 Å². The van der Waals surface area contributed by atoms with Gasteiger partial charge in [0.15, 0.2) is 0 Å². The lowest BCUT2D eigenvalue weighted by atomic mass is 10.1. The van der Waals surface area contributed by atoms with Crippen molar-refractivity contribution in [3.63, 3.8) is 0 Å². The first kappa shape index (κ1) is 17.3. The Labute approximate surface area is 167 Å². The van der Waals surface area contributed by atoms with Crippen molar-refractivity contribution in [2.24, 2.45) is 0 Å². The van der Waals surface area contributed by atoms with E-state index in [0.717, 1.165) is 16.6 Å². The van der Waals surface area contributed by atoms with Crippen LogP contribution < -0.4 is 4.31 Å². The first-order chi connectivity index (χ1) is 13.6. The second-order valence-electron chi connectivity index (χ2n) is 6.69. The van der Waals surface area contributed by atoms with Crippen LogP contribution in [0.15, 0.2) is 83.8 Å². The number of hydrogen-bond acceptors (Lipinski definition) is 3. The number of halogens is 1. The highest BCUT2D eigenvalue weighted by molar-refractivity contribution is 7.92. The molecule has 0 saturated heterocycles. The number of sulfonamides is 1. The van der Waals surface area contributed by atoms with Gasteiger partial charge < -0.3 is 0 Å². The molecule has 4 aromatic rings. The van der Waals surface area contributed by atoms with Crippen molar-refractivity contribution in [3.05, 3.63) is 89.4 Å². The van der Waals surface area contributed by atoms with Crippen molar-refractivity contribution in [2.75, 3.05) is 10.8 Å². The van der Waals surface area contributed by atoms with E-state index in [1.807, 2.05) is 59.2 Å². The van der Waals surface area contributed by atoms with E-state index in [4.69, 9.17) is 11.6 Å². The van der Waals surface area contributed by atoms with Gasteiger partial charge in [-0.1, -0.05) is 54.1 Å². The topological polar surface area (TPSA) is 55.2 Å². The lowest BCUT2D eigenvalue weighted by Gasteiger charge is -2.18. The van der Waals surface area contributed by atoms with Crippen molar-refractivity contribution in [1.82, 2.24) is 9.55 Å². The van der Waals surface area contributed by atoms with Gasteiger partial charge in [0.1, 0.15) is 0 Å². The predicted molar refractivity (Wildman–Crippen MR) is 110 cm³/mol. The average molecular weight is 410 g/mol. The standard InChI is InChI=1S/C21H16ClN3O2S/c22-16-10-12-17(13-11-16)28(26,27)24-14-20(15-6-2-1-3-7-15)25-19-9-5-4-8-18(19)23-21(24)25/h1-13,20H,14H2. The van der Waals surface area contributed by atoms with Gasteiger partial charge in [-0.15, -0.1) is 0 Å². The highest BCUT2D eigenvalue weighted by atomic mass is 35.5. The lowest BCUT2D eigenvalue weighted by Crippen LogP contribution is -2.30. The second-order valence-corrected chi connectivity index (χ2v) is 8.99. The van der Waals surface area contributed by atoms with Crippen molar-refractivity contribution >= 4 is 38.6 Å². The van der Waals surface area contributed by atoms with Gasteiger partial charge in [-0.2, -0.15) is 0 Å². The first-order valence-corrected chi connectivity index (χ1v) is 10.7. The Morgan fingerprint density at radius 3 is 2.32 bits per heavy atom. The lowest BCUT2D eigenvalue weighted by molar-refractivity contribution is 0.589. The number of hydrogen-bond donors (Lipinski definition) is 0. The van der Waals surface area contributed by atoms with Gasteiger partial charge in [0.05, 0.1) is 28.5 Å². The molecule has 1 unspecified atom stereocenters. The van der Waals surface area contributed by atoms with Gasteiger partial charge in [-0.3, -0.25) is 4.57 Å². The molecule has 7 heteroatoms. The Morgan fingerprint density at radius 2 is 1.57 bits per heavy atom. The maximum absolute atomic E-state index is 13.4. The number of anilines is 1. The smallest absolute Gasteiger partial charge is 0.266 e. The largest absolute Gasteiger partial charge is 0.300 e. The van der Waals surface area contributed by atoms with Crippen LogP contribution >= 0.6 is 11.6 Å². The number of benzene rings is 3. The van der Waals surface area contributed by atoms with Crippen LogP contribution in [-0.4, -0.2) is 24.5 Å². The van der Waals surface area contributed by atoms with E-state index in [9.17, 15) is 8.42 Å². The molecule has 0 radical (unpaired) electrons. The summed E-state index contributed by atoms with van der Waals surface area (Å²) in [7, 11) is -3.77. The van der Waals surface area contributed by atoms with Crippen LogP contribution in [0.3, 0.4) is 0 Å². The Balaban J connectivity index is 1.71. The summed E-state index contributed by atoms with van der Waals surface area (Å²) in [5.41, 5.74) is 2.73. The van der Waals surface area contributed by atoms with Crippen LogP contribution in [0.2, 0.25) is 5.02 Å². The zero-order chi connectivity index (χ0) is 19.3. The van der Waals surface area contributed by atoms with Crippen LogP contribution in [-0.2, 0) is 10.0 Å². The Hall–Kier alpha value is -2.83. The third-order valence-corrected chi connectivity index (χ3v) is 7.05. The fourth-order valence-electron chi connectivity index (χ4n) is 3.70. The minimum Gasteiger partial charge on any atom is -0.300 e. The van der Waals surface area contributed by atoms with Crippen LogP contribution in [0.1, 0.15) is 11.6 Å². The fraction of sp³-hybridized carbons (Fsp3) is 0.0952. The number of fused-ring (bicyclic) bond motifs is 3. The minimum absolute atomic E-state index is 0.148. The van der Waals surface area contributed by atoms with E-state index in [1.54, 1.807) is 12.1 Å². The zero-order valence-corrected chi connectivity index (χ0v) is 16.3. The predicted octanol–water partition coefficient (Wildman–Crippen LogP) is 4.49. The molecule has 2 heterocycles. The summed E-state index contributed by atoms with van der Waals surface area (Å²) in [5, 5.41) is 0.495. The van der Waals surface area contributed by atoms with E-state index in [0.29, 0.717) is 17.5 Å².